The summed E-state index contributed by atoms with van der Waals surface area (Å²) in [6.45, 7) is 0. The van der Waals surface area contributed by atoms with Gasteiger partial charge in [-0.15, -0.1) is 0 Å². The Morgan fingerprint density at radius 1 is 0.652 bits per heavy atom. The van der Waals surface area contributed by atoms with Crippen LogP contribution in [0.5, 0.6) is 0 Å². The predicted molar refractivity (Wildman–Crippen MR) is 93.2 cm³/mol. The van der Waals surface area contributed by atoms with Gasteiger partial charge in [0.1, 0.15) is 5.52 Å². The van der Waals surface area contributed by atoms with Gasteiger partial charge in [0, 0.05) is 16.6 Å². The molecule has 0 fully saturated rings. The zero-order chi connectivity index (χ0) is 15.4. The highest BCUT2D eigenvalue weighted by Crippen LogP contribution is 2.33. The molecule has 3 nitrogen and oxygen atoms in total. The van der Waals surface area contributed by atoms with Crippen LogP contribution in [0.4, 0.5) is 0 Å². The average Bonchev–Trinajstić information content (AvgIpc) is 2.61. The Hall–Kier alpha value is -3.20. The fourth-order valence-corrected chi connectivity index (χ4v) is 3.44. The summed E-state index contributed by atoms with van der Waals surface area (Å²) in [6, 6.07) is 24.2. The molecule has 0 bridgehead atoms. The summed E-state index contributed by atoms with van der Waals surface area (Å²) in [7, 11) is 0. The van der Waals surface area contributed by atoms with Gasteiger partial charge in [-0.1, -0.05) is 54.6 Å². The minimum absolute atomic E-state index is 0.604. The fraction of sp³-hybridized carbons (Fsp3) is 0. The van der Waals surface area contributed by atoms with Gasteiger partial charge in [-0.2, -0.15) is 0 Å². The second-order valence-electron chi connectivity index (χ2n) is 5.73. The highest BCUT2D eigenvalue weighted by molar-refractivity contribution is 6.24. The third kappa shape index (κ3) is 1.64. The standard InChI is InChI=1S/C20H12N2O/c23-22-18-12-10-14-6-2-4-8-16(14)20(18)19-15-7-3-1-5-13(15)9-11-17(19)21-22/h1-12H. The van der Waals surface area contributed by atoms with Crippen molar-refractivity contribution in [2.24, 2.45) is 0 Å². The maximum absolute atomic E-state index is 12.4. The summed E-state index contributed by atoms with van der Waals surface area (Å²) in [5, 5.41) is 23.1. The van der Waals surface area contributed by atoms with Crippen molar-refractivity contribution in [3.63, 3.8) is 0 Å². The molecule has 0 radical (unpaired) electrons. The molecule has 1 aromatic heterocycles. The van der Waals surface area contributed by atoms with Crippen LogP contribution >= 0.6 is 0 Å². The lowest BCUT2D eigenvalue weighted by atomic mass is 9.98. The quantitative estimate of drug-likeness (QED) is 0.242. The van der Waals surface area contributed by atoms with Crippen LogP contribution in [0.1, 0.15) is 0 Å². The minimum Gasteiger partial charge on any atom is -0.594 e. The van der Waals surface area contributed by atoms with Crippen molar-refractivity contribution < 1.29 is 4.85 Å². The molecule has 108 valence electrons. The van der Waals surface area contributed by atoms with Crippen LogP contribution in [-0.4, -0.2) is 5.10 Å². The van der Waals surface area contributed by atoms with Gasteiger partial charge in [-0.05, 0) is 38.5 Å². The monoisotopic (exact) mass is 296 g/mol. The molecule has 0 spiro atoms. The molecule has 0 aliphatic rings. The lowest BCUT2D eigenvalue weighted by Gasteiger charge is -2.09. The minimum atomic E-state index is 0.604. The first kappa shape index (κ1) is 12.4. The maximum atomic E-state index is 12.4. The van der Waals surface area contributed by atoms with Crippen LogP contribution in [0.25, 0.3) is 43.4 Å². The van der Waals surface area contributed by atoms with Crippen molar-refractivity contribution in [2.75, 3.05) is 0 Å². The Morgan fingerprint density at radius 2 is 1.26 bits per heavy atom. The molecule has 5 rings (SSSR count). The Kier molecular flexibility index (Phi) is 2.36. The number of aromatic nitrogens is 2. The maximum Gasteiger partial charge on any atom is 0.253 e. The van der Waals surface area contributed by atoms with Crippen LogP contribution in [-0.2, 0) is 0 Å². The molecule has 5 aromatic rings. The molecule has 1 heterocycles. The summed E-state index contributed by atoms with van der Waals surface area (Å²) < 4.78 is 0. The Balaban J connectivity index is 2.21. The second-order valence-corrected chi connectivity index (χ2v) is 5.73. The van der Waals surface area contributed by atoms with E-state index >= 15 is 0 Å². The predicted octanol–water partition coefficient (Wildman–Crippen LogP) is 4.33. The SMILES string of the molecule is [O-][n+]1nc2ccc3ccccc3c2c2c3ccccc3ccc21. The van der Waals surface area contributed by atoms with Crippen LogP contribution in [0.2, 0.25) is 0 Å². The molecule has 0 unspecified atom stereocenters. The van der Waals surface area contributed by atoms with Gasteiger partial charge in [-0.3, -0.25) is 0 Å². The van der Waals surface area contributed by atoms with E-state index < -0.39 is 0 Å². The third-order valence-corrected chi connectivity index (χ3v) is 4.47. The first-order chi connectivity index (χ1) is 11.3. The number of hydrogen-bond donors (Lipinski definition) is 0. The first-order valence-electron chi connectivity index (χ1n) is 7.56. The highest BCUT2D eigenvalue weighted by Gasteiger charge is 2.16. The summed E-state index contributed by atoms with van der Waals surface area (Å²) in [5.74, 6) is 0. The Morgan fingerprint density at radius 3 is 2.00 bits per heavy atom. The van der Waals surface area contributed by atoms with Gasteiger partial charge < -0.3 is 5.21 Å². The molecular weight excluding hydrogens is 284 g/mol. The zero-order valence-corrected chi connectivity index (χ0v) is 12.2. The first-order valence-corrected chi connectivity index (χ1v) is 7.56. The van der Waals surface area contributed by atoms with E-state index in [4.69, 9.17) is 0 Å². The number of nitrogens with zero attached hydrogens (tertiary/aromatic N) is 2. The van der Waals surface area contributed by atoms with Gasteiger partial charge in [0.2, 0.25) is 0 Å². The zero-order valence-electron chi connectivity index (χ0n) is 12.2. The Labute approximate surface area is 132 Å². The van der Waals surface area contributed by atoms with Gasteiger partial charge in [-0.25, -0.2) is 0 Å². The van der Waals surface area contributed by atoms with E-state index in [1.165, 1.54) is 0 Å². The molecule has 4 aromatic carbocycles. The van der Waals surface area contributed by atoms with Crippen LogP contribution in [0.15, 0.2) is 72.8 Å². The molecular formula is C20H12N2O. The normalized spacial score (nSPS) is 11.7. The molecule has 0 N–H and O–H groups in total. The van der Waals surface area contributed by atoms with Crippen LogP contribution < -0.4 is 4.85 Å². The molecule has 0 aliphatic carbocycles. The van der Waals surface area contributed by atoms with Crippen molar-refractivity contribution in [3.05, 3.63) is 78.0 Å². The molecule has 0 saturated carbocycles. The highest BCUT2D eigenvalue weighted by atomic mass is 16.5. The summed E-state index contributed by atoms with van der Waals surface area (Å²) >= 11 is 0. The van der Waals surface area contributed by atoms with Crippen molar-refractivity contribution in [1.29, 1.82) is 0 Å². The molecule has 23 heavy (non-hydrogen) atoms. The molecule has 0 amide bonds. The van der Waals surface area contributed by atoms with Gasteiger partial charge in [0.05, 0.1) is 5.39 Å². The summed E-state index contributed by atoms with van der Waals surface area (Å²) in [4.78, 5) is 0.735. The summed E-state index contributed by atoms with van der Waals surface area (Å²) in [6.07, 6.45) is 0. The smallest absolute Gasteiger partial charge is 0.253 e. The van der Waals surface area contributed by atoms with E-state index in [-0.39, 0.29) is 0 Å². The van der Waals surface area contributed by atoms with Crippen molar-refractivity contribution >= 4 is 43.4 Å². The molecule has 3 heteroatoms. The molecule has 0 saturated heterocycles. The number of benzene rings is 4. The van der Waals surface area contributed by atoms with Gasteiger partial charge >= 0.3 is 0 Å². The van der Waals surface area contributed by atoms with E-state index in [0.717, 1.165) is 42.7 Å². The topological polar surface area (TPSA) is 39.8 Å². The number of hydrogen-bond acceptors (Lipinski definition) is 2. The van der Waals surface area contributed by atoms with Crippen molar-refractivity contribution in [3.8, 4) is 0 Å². The Bertz CT molecular complexity index is 1230. The lowest BCUT2D eigenvalue weighted by Crippen LogP contribution is -2.31. The lowest BCUT2D eigenvalue weighted by molar-refractivity contribution is -0.639. The van der Waals surface area contributed by atoms with Crippen molar-refractivity contribution in [2.45, 2.75) is 0 Å². The largest absolute Gasteiger partial charge is 0.594 e. The van der Waals surface area contributed by atoms with E-state index in [1.54, 1.807) is 0 Å². The number of fused-ring (bicyclic) bond motifs is 7. The van der Waals surface area contributed by atoms with Crippen LogP contribution in [0, 0.1) is 5.21 Å². The van der Waals surface area contributed by atoms with E-state index in [1.807, 2.05) is 48.5 Å². The molecule has 0 aliphatic heterocycles. The van der Waals surface area contributed by atoms with Gasteiger partial charge in [0.15, 0.2) is 0 Å². The van der Waals surface area contributed by atoms with Crippen LogP contribution in [0.3, 0.4) is 0 Å². The fourth-order valence-electron chi connectivity index (χ4n) is 3.44. The summed E-state index contributed by atoms with van der Waals surface area (Å²) in [5.41, 5.74) is 1.33. The van der Waals surface area contributed by atoms with E-state index in [9.17, 15) is 5.21 Å². The average molecular weight is 296 g/mol. The van der Waals surface area contributed by atoms with E-state index in [0.29, 0.717) is 5.52 Å². The van der Waals surface area contributed by atoms with Crippen molar-refractivity contribution in [1.82, 2.24) is 5.10 Å². The third-order valence-electron chi connectivity index (χ3n) is 4.47. The molecule has 0 atom stereocenters. The second kappa shape index (κ2) is 4.40. The van der Waals surface area contributed by atoms with Gasteiger partial charge in [0.25, 0.3) is 5.52 Å². The van der Waals surface area contributed by atoms with E-state index in [2.05, 4.69) is 29.4 Å². The number of rotatable bonds is 0.